The van der Waals surface area contributed by atoms with Crippen LogP contribution in [0.1, 0.15) is 24.5 Å². The van der Waals surface area contributed by atoms with Crippen molar-refractivity contribution >= 4 is 10.0 Å². The average molecular weight is 401 g/mol. The van der Waals surface area contributed by atoms with Crippen LogP contribution in [0, 0.1) is 5.82 Å². The molecule has 1 saturated heterocycles. The van der Waals surface area contributed by atoms with Gasteiger partial charge in [-0.15, -0.1) is 0 Å². The van der Waals surface area contributed by atoms with E-state index in [1.54, 1.807) is 36.0 Å². The van der Waals surface area contributed by atoms with Crippen molar-refractivity contribution in [3.8, 4) is 11.3 Å². The van der Waals surface area contributed by atoms with Crippen LogP contribution in [0.4, 0.5) is 4.39 Å². The van der Waals surface area contributed by atoms with Crippen molar-refractivity contribution in [2.75, 3.05) is 13.1 Å². The predicted octanol–water partition coefficient (Wildman–Crippen LogP) is 2.58. The number of imidazole rings is 1. The molecule has 4 rings (SSSR count). The van der Waals surface area contributed by atoms with Crippen LogP contribution in [0.2, 0.25) is 0 Å². The summed E-state index contributed by atoms with van der Waals surface area (Å²) in [6.07, 6.45) is 7.49. The van der Waals surface area contributed by atoms with Crippen LogP contribution in [0.3, 0.4) is 0 Å². The lowest BCUT2D eigenvalue weighted by molar-refractivity contribution is 0.312. The monoisotopic (exact) mass is 401 g/mol. The first-order valence-electron chi connectivity index (χ1n) is 9.01. The number of piperidine rings is 1. The van der Waals surface area contributed by atoms with E-state index in [1.165, 1.54) is 29.1 Å². The summed E-state index contributed by atoms with van der Waals surface area (Å²) in [4.78, 5) is 12.8. The third kappa shape index (κ3) is 3.43. The van der Waals surface area contributed by atoms with Crippen LogP contribution >= 0.6 is 0 Å². The zero-order chi connectivity index (χ0) is 19.7. The van der Waals surface area contributed by atoms with E-state index in [9.17, 15) is 12.8 Å². The zero-order valence-electron chi connectivity index (χ0n) is 15.4. The van der Waals surface area contributed by atoms with Crippen LogP contribution in [0.15, 0.2) is 54.2 Å². The number of sulfonamides is 1. The molecule has 1 aliphatic rings. The minimum Gasteiger partial charge on any atom is -0.339 e. The maximum absolute atomic E-state index is 14.3. The summed E-state index contributed by atoms with van der Waals surface area (Å²) in [5.41, 5.74) is 1.45. The van der Waals surface area contributed by atoms with E-state index in [1.807, 2.05) is 0 Å². The Morgan fingerprint density at radius 1 is 1.14 bits per heavy atom. The molecule has 0 N–H and O–H groups in total. The fraction of sp³-hybridized carbons (Fsp3) is 0.316. The van der Waals surface area contributed by atoms with Gasteiger partial charge in [0.25, 0.3) is 10.0 Å². The molecular formula is C19H20FN5O2S. The summed E-state index contributed by atoms with van der Waals surface area (Å²) in [5, 5.41) is 0.0316. The third-order valence-corrected chi connectivity index (χ3v) is 6.66. The summed E-state index contributed by atoms with van der Waals surface area (Å²) in [6, 6.07) is 6.41. The Kier molecular flexibility index (Phi) is 4.94. The summed E-state index contributed by atoms with van der Waals surface area (Å²) in [7, 11) is -1.96. The van der Waals surface area contributed by atoms with Crippen molar-refractivity contribution in [1.29, 1.82) is 0 Å². The van der Waals surface area contributed by atoms with Gasteiger partial charge >= 0.3 is 0 Å². The van der Waals surface area contributed by atoms with Crippen LogP contribution in [-0.4, -0.2) is 45.3 Å². The van der Waals surface area contributed by atoms with Crippen molar-refractivity contribution < 1.29 is 12.8 Å². The molecule has 0 bridgehead atoms. The topological polar surface area (TPSA) is 81.0 Å². The zero-order valence-corrected chi connectivity index (χ0v) is 16.2. The van der Waals surface area contributed by atoms with Gasteiger partial charge in [-0.25, -0.2) is 17.8 Å². The van der Waals surface area contributed by atoms with Crippen molar-refractivity contribution in [2.45, 2.75) is 23.8 Å². The standard InChI is InChI=1S/C19H20FN5O2S/c1-24-12-17(23-13-24)28(26,27)25-10-4-5-14(11-25)18-19(22-9-8-21-18)15-6-2-3-7-16(15)20/h2-3,6-9,12-14H,4-5,10-11H2,1H3/t14-/m0/s1. The lowest BCUT2D eigenvalue weighted by Gasteiger charge is -2.31. The SMILES string of the molecule is Cn1cnc(S(=O)(=O)N2CCC[C@H](c3nccnc3-c3ccccc3F)C2)c1. The Morgan fingerprint density at radius 3 is 2.68 bits per heavy atom. The van der Waals surface area contributed by atoms with Gasteiger partial charge in [-0.2, -0.15) is 4.31 Å². The first-order chi connectivity index (χ1) is 13.5. The smallest absolute Gasteiger partial charge is 0.262 e. The highest BCUT2D eigenvalue weighted by Gasteiger charge is 2.34. The second kappa shape index (κ2) is 7.40. The minimum atomic E-state index is -3.69. The van der Waals surface area contributed by atoms with Crippen LogP contribution in [-0.2, 0) is 17.1 Å². The highest BCUT2D eigenvalue weighted by atomic mass is 32.2. The Bertz CT molecular complexity index is 1100. The van der Waals surface area contributed by atoms with Gasteiger partial charge in [0.1, 0.15) is 5.82 Å². The van der Waals surface area contributed by atoms with E-state index < -0.39 is 10.0 Å². The molecule has 146 valence electrons. The van der Waals surface area contributed by atoms with Crippen molar-refractivity contribution in [2.24, 2.45) is 7.05 Å². The Labute approximate surface area is 162 Å². The van der Waals surface area contributed by atoms with Gasteiger partial charge in [0.15, 0.2) is 5.03 Å². The number of aryl methyl sites for hydroxylation is 1. The minimum absolute atomic E-state index is 0.0316. The van der Waals surface area contributed by atoms with E-state index >= 15 is 0 Å². The molecule has 0 aliphatic carbocycles. The lowest BCUT2D eigenvalue weighted by Crippen LogP contribution is -2.39. The third-order valence-electron chi connectivity index (χ3n) is 4.91. The van der Waals surface area contributed by atoms with Gasteiger partial charge < -0.3 is 4.57 Å². The van der Waals surface area contributed by atoms with Crippen molar-refractivity contribution in [3.05, 3.63) is 60.7 Å². The Hall–Kier alpha value is -2.65. The van der Waals surface area contributed by atoms with Gasteiger partial charge in [-0.05, 0) is 25.0 Å². The molecule has 1 atom stereocenters. The molecule has 0 spiro atoms. The van der Waals surface area contributed by atoms with E-state index in [0.29, 0.717) is 29.9 Å². The summed E-state index contributed by atoms with van der Waals surface area (Å²) in [5.74, 6) is -0.548. The number of aromatic nitrogens is 4. The Balaban J connectivity index is 1.67. The van der Waals surface area contributed by atoms with Crippen LogP contribution in [0.25, 0.3) is 11.3 Å². The first-order valence-corrected chi connectivity index (χ1v) is 10.4. The molecular weight excluding hydrogens is 381 g/mol. The van der Waals surface area contributed by atoms with Gasteiger partial charge in [0.2, 0.25) is 0 Å². The molecule has 3 aromatic rings. The molecule has 2 aromatic heterocycles. The largest absolute Gasteiger partial charge is 0.339 e. The predicted molar refractivity (Wildman–Crippen MR) is 101 cm³/mol. The summed E-state index contributed by atoms with van der Waals surface area (Å²) in [6.45, 7) is 0.684. The second-order valence-electron chi connectivity index (χ2n) is 6.85. The second-order valence-corrected chi connectivity index (χ2v) is 8.73. The molecule has 3 heterocycles. The van der Waals surface area contributed by atoms with Crippen molar-refractivity contribution in [3.63, 3.8) is 0 Å². The fourth-order valence-electron chi connectivity index (χ4n) is 3.55. The molecule has 1 fully saturated rings. The number of hydrogen-bond acceptors (Lipinski definition) is 5. The first kappa shape index (κ1) is 18.7. The van der Waals surface area contributed by atoms with Crippen LogP contribution < -0.4 is 0 Å². The number of nitrogens with zero attached hydrogens (tertiary/aromatic N) is 5. The number of hydrogen-bond donors (Lipinski definition) is 0. The highest BCUT2D eigenvalue weighted by Crippen LogP contribution is 2.34. The van der Waals surface area contributed by atoms with E-state index in [-0.39, 0.29) is 23.3 Å². The number of benzene rings is 1. The highest BCUT2D eigenvalue weighted by molar-refractivity contribution is 7.89. The van der Waals surface area contributed by atoms with E-state index in [2.05, 4.69) is 15.0 Å². The van der Waals surface area contributed by atoms with Gasteiger partial charge in [0.05, 0.1) is 17.7 Å². The quantitative estimate of drug-likeness (QED) is 0.671. The number of rotatable bonds is 4. The molecule has 0 amide bonds. The summed E-state index contributed by atoms with van der Waals surface area (Å²) < 4.78 is 43.2. The molecule has 7 nitrogen and oxygen atoms in total. The average Bonchev–Trinajstić information content (AvgIpc) is 3.16. The van der Waals surface area contributed by atoms with Crippen molar-refractivity contribution in [1.82, 2.24) is 23.8 Å². The van der Waals surface area contributed by atoms with E-state index in [4.69, 9.17) is 0 Å². The molecule has 0 saturated carbocycles. The molecule has 1 aliphatic heterocycles. The van der Waals surface area contributed by atoms with Gasteiger partial charge in [0, 0.05) is 50.2 Å². The molecule has 9 heteroatoms. The maximum Gasteiger partial charge on any atom is 0.262 e. The van der Waals surface area contributed by atoms with Gasteiger partial charge in [-0.3, -0.25) is 9.97 Å². The molecule has 0 radical (unpaired) electrons. The molecule has 28 heavy (non-hydrogen) atoms. The molecule has 1 aromatic carbocycles. The fourth-order valence-corrected chi connectivity index (χ4v) is 5.04. The maximum atomic E-state index is 14.3. The molecule has 0 unspecified atom stereocenters. The normalized spacial score (nSPS) is 18.3. The number of halogens is 1. The lowest BCUT2D eigenvalue weighted by atomic mass is 9.92. The van der Waals surface area contributed by atoms with Gasteiger partial charge in [-0.1, -0.05) is 12.1 Å². The van der Waals surface area contributed by atoms with E-state index in [0.717, 1.165) is 6.42 Å². The Morgan fingerprint density at radius 2 is 1.93 bits per heavy atom. The summed E-state index contributed by atoms with van der Waals surface area (Å²) >= 11 is 0. The van der Waals surface area contributed by atoms with Crippen LogP contribution in [0.5, 0.6) is 0 Å².